The fraction of sp³-hybridized carbons (Fsp3) is 0.143. The highest BCUT2D eigenvalue weighted by molar-refractivity contribution is 5.45. The van der Waals surface area contributed by atoms with Gasteiger partial charge in [0.05, 0.1) is 4.92 Å². The van der Waals surface area contributed by atoms with E-state index in [1.807, 2.05) is 0 Å². The van der Waals surface area contributed by atoms with E-state index >= 15 is 0 Å². The van der Waals surface area contributed by atoms with Crippen molar-refractivity contribution in [1.29, 1.82) is 0 Å². The number of aromatic nitrogens is 1. The molecule has 1 rings (SSSR count). The molecule has 0 radical (unpaired) electrons. The van der Waals surface area contributed by atoms with Crippen LogP contribution in [0.4, 0.5) is 0 Å². The largest absolute Gasteiger partial charge is 0.361 e. The first-order valence-corrected chi connectivity index (χ1v) is 3.16. The van der Waals surface area contributed by atoms with Crippen LogP contribution in [-0.2, 0) is 0 Å². The van der Waals surface area contributed by atoms with E-state index in [1.54, 1.807) is 18.3 Å². The molecule has 1 heterocycles. The maximum atomic E-state index is 10.1. The first kappa shape index (κ1) is 7.53. The van der Waals surface area contributed by atoms with E-state index in [1.165, 1.54) is 13.0 Å². The summed E-state index contributed by atoms with van der Waals surface area (Å²) in [5.74, 6) is 0. The Morgan fingerprint density at radius 2 is 2.55 bits per heavy atom. The fourth-order valence-corrected chi connectivity index (χ4v) is 0.712. The summed E-state index contributed by atoms with van der Waals surface area (Å²) >= 11 is 0. The molecule has 0 amide bonds. The van der Waals surface area contributed by atoms with Gasteiger partial charge in [0.25, 0.3) is 0 Å². The van der Waals surface area contributed by atoms with Gasteiger partial charge in [-0.15, -0.1) is 0 Å². The molecule has 0 atom stereocenters. The monoisotopic (exact) mass is 152 g/mol. The predicted octanol–water partition coefficient (Wildman–Crippen LogP) is 1.65. The summed E-state index contributed by atoms with van der Waals surface area (Å²) < 4.78 is 0. The van der Waals surface area contributed by atoms with Gasteiger partial charge in [-0.2, -0.15) is 0 Å². The zero-order valence-electron chi connectivity index (χ0n) is 6.07. The first-order valence-electron chi connectivity index (χ1n) is 3.16. The lowest BCUT2D eigenvalue weighted by molar-refractivity contribution is -0.422. The topological polar surface area (TPSA) is 58.9 Å². The van der Waals surface area contributed by atoms with Crippen LogP contribution in [0, 0.1) is 10.1 Å². The average Bonchev–Trinajstić information content (AvgIpc) is 2.39. The lowest BCUT2D eigenvalue weighted by Crippen LogP contribution is -1.92. The van der Waals surface area contributed by atoms with Gasteiger partial charge >= 0.3 is 0 Å². The number of nitrogens with one attached hydrogen (secondary N) is 1. The Kier molecular flexibility index (Phi) is 2.06. The molecule has 0 saturated heterocycles. The number of rotatable bonds is 2. The number of hydrogen-bond acceptors (Lipinski definition) is 2. The van der Waals surface area contributed by atoms with E-state index in [0.29, 0.717) is 0 Å². The Labute approximate surface area is 63.7 Å². The van der Waals surface area contributed by atoms with E-state index in [9.17, 15) is 10.1 Å². The summed E-state index contributed by atoms with van der Waals surface area (Å²) in [6, 6.07) is 3.56. The molecule has 1 aromatic rings. The molecule has 0 bridgehead atoms. The lowest BCUT2D eigenvalue weighted by atomic mass is 10.3. The van der Waals surface area contributed by atoms with Crippen molar-refractivity contribution in [2.24, 2.45) is 0 Å². The highest BCUT2D eigenvalue weighted by Gasteiger charge is 2.00. The molecule has 0 unspecified atom stereocenters. The van der Waals surface area contributed by atoms with Gasteiger partial charge in [-0.3, -0.25) is 10.1 Å². The summed E-state index contributed by atoms with van der Waals surface area (Å²) in [6.45, 7) is 1.46. The third-order valence-electron chi connectivity index (χ3n) is 1.27. The molecule has 11 heavy (non-hydrogen) atoms. The van der Waals surface area contributed by atoms with Gasteiger partial charge in [0, 0.05) is 24.9 Å². The molecule has 1 aromatic heterocycles. The van der Waals surface area contributed by atoms with Crippen molar-refractivity contribution in [2.45, 2.75) is 6.92 Å². The molecule has 0 saturated carbocycles. The van der Waals surface area contributed by atoms with E-state index in [0.717, 1.165) is 5.69 Å². The van der Waals surface area contributed by atoms with Crippen molar-refractivity contribution < 1.29 is 4.92 Å². The zero-order chi connectivity index (χ0) is 8.27. The molecule has 0 aliphatic rings. The second kappa shape index (κ2) is 3.01. The second-order valence-corrected chi connectivity index (χ2v) is 2.17. The van der Waals surface area contributed by atoms with Crippen molar-refractivity contribution in [2.75, 3.05) is 0 Å². The molecule has 0 aliphatic carbocycles. The normalized spacial score (nSPS) is 11.5. The van der Waals surface area contributed by atoms with Gasteiger partial charge in [-0.25, -0.2) is 0 Å². The van der Waals surface area contributed by atoms with Crippen LogP contribution in [0.1, 0.15) is 12.6 Å². The lowest BCUT2D eigenvalue weighted by Gasteiger charge is -1.87. The third-order valence-corrected chi connectivity index (χ3v) is 1.27. The van der Waals surface area contributed by atoms with Crippen molar-refractivity contribution in [3.05, 3.63) is 39.8 Å². The summed E-state index contributed by atoms with van der Waals surface area (Å²) in [5, 5.41) is 10.1. The Morgan fingerprint density at radius 3 is 3.00 bits per heavy atom. The van der Waals surface area contributed by atoms with Crippen LogP contribution in [0.5, 0.6) is 0 Å². The maximum absolute atomic E-state index is 10.1. The van der Waals surface area contributed by atoms with Crippen molar-refractivity contribution in [1.82, 2.24) is 4.98 Å². The molecule has 1 N–H and O–H groups in total. The van der Waals surface area contributed by atoms with Gasteiger partial charge in [0.1, 0.15) is 0 Å². The van der Waals surface area contributed by atoms with E-state index in [-0.39, 0.29) is 5.70 Å². The van der Waals surface area contributed by atoms with Gasteiger partial charge in [-0.05, 0) is 12.1 Å². The molecule has 4 heteroatoms. The number of aromatic amines is 1. The molecule has 0 fully saturated rings. The van der Waals surface area contributed by atoms with E-state index in [2.05, 4.69) is 4.98 Å². The van der Waals surface area contributed by atoms with Crippen molar-refractivity contribution in [3.63, 3.8) is 0 Å². The molecule has 0 spiro atoms. The minimum Gasteiger partial charge on any atom is -0.361 e. The maximum Gasteiger partial charge on any atom is 0.245 e. The molecular formula is C7H8N2O2. The first-order chi connectivity index (χ1) is 5.20. The van der Waals surface area contributed by atoms with Crippen LogP contribution >= 0.6 is 0 Å². The SMILES string of the molecule is C/C(=C\c1ccc[nH]1)[N+](=O)[O-]. The van der Waals surface area contributed by atoms with Crippen LogP contribution in [-0.4, -0.2) is 9.91 Å². The Morgan fingerprint density at radius 1 is 1.82 bits per heavy atom. The fourth-order valence-electron chi connectivity index (χ4n) is 0.712. The predicted molar refractivity (Wildman–Crippen MR) is 41.4 cm³/mol. The molecule has 0 aliphatic heterocycles. The summed E-state index contributed by atoms with van der Waals surface area (Å²) in [6.07, 6.45) is 3.21. The van der Waals surface area contributed by atoms with Crippen LogP contribution in [0.3, 0.4) is 0 Å². The standard InChI is InChI=1S/C7H8N2O2/c1-6(9(10)11)5-7-3-2-4-8-7/h2-5,8H,1H3/b6-5+. The van der Waals surface area contributed by atoms with Gasteiger partial charge in [0.2, 0.25) is 5.70 Å². The number of nitrogens with zero attached hydrogens (tertiary/aromatic N) is 1. The number of nitro groups is 1. The minimum atomic E-state index is -0.416. The van der Waals surface area contributed by atoms with Gasteiger partial charge in [-0.1, -0.05) is 0 Å². The molecule has 4 nitrogen and oxygen atoms in total. The van der Waals surface area contributed by atoms with Crippen LogP contribution < -0.4 is 0 Å². The number of hydrogen-bond donors (Lipinski definition) is 1. The zero-order valence-corrected chi connectivity index (χ0v) is 6.07. The number of H-pyrrole nitrogens is 1. The number of allylic oxidation sites excluding steroid dienone is 1. The van der Waals surface area contributed by atoms with Gasteiger partial charge < -0.3 is 4.98 Å². The third kappa shape index (κ3) is 1.93. The average molecular weight is 152 g/mol. The molecule has 58 valence electrons. The molecular weight excluding hydrogens is 144 g/mol. The molecule has 0 aromatic carbocycles. The Balaban J connectivity index is 2.82. The van der Waals surface area contributed by atoms with Crippen LogP contribution in [0.2, 0.25) is 0 Å². The summed E-state index contributed by atoms with van der Waals surface area (Å²) in [5.41, 5.74) is 0.881. The smallest absolute Gasteiger partial charge is 0.245 e. The van der Waals surface area contributed by atoms with Crippen LogP contribution in [0.25, 0.3) is 6.08 Å². The van der Waals surface area contributed by atoms with Crippen molar-refractivity contribution >= 4 is 6.08 Å². The minimum absolute atomic E-state index is 0.132. The van der Waals surface area contributed by atoms with Gasteiger partial charge in [0.15, 0.2) is 0 Å². The second-order valence-electron chi connectivity index (χ2n) is 2.17. The van der Waals surface area contributed by atoms with Crippen molar-refractivity contribution in [3.8, 4) is 0 Å². The van der Waals surface area contributed by atoms with E-state index in [4.69, 9.17) is 0 Å². The van der Waals surface area contributed by atoms with E-state index < -0.39 is 4.92 Å². The van der Waals surface area contributed by atoms with Crippen LogP contribution in [0.15, 0.2) is 24.0 Å². The quantitative estimate of drug-likeness (QED) is 0.517. The Hall–Kier alpha value is -1.58. The highest BCUT2D eigenvalue weighted by atomic mass is 16.6. The summed E-state index contributed by atoms with van der Waals surface area (Å²) in [7, 11) is 0. The Bertz CT molecular complexity index is 275. The summed E-state index contributed by atoms with van der Waals surface area (Å²) in [4.78, 5) is 12.6. The highest BCUT2D eigenvalue weighted by Crippen LogP contribution is 2.03.